The van der Waals surface area contributed by atoms with Crippen molar-refractivity contribution in [1.82, 2.24) is 24.6 Å². The van der Waals surface area contributed by atoms with E-state index < -0.39 is 0 Å². The summed E-state index contributed by atoms with van der Waals surface area (Å²) in [4.78, 5) is 4.21. The van der Waals surface area contributed by atoms with Crippen LogP contribution in [0.1, 0.15) is 42.8 Å². The van der Waals surface area contributed by atoms with Crippen molar-refractivity contribution in [2.45, 2.75) is 51.9 Å². The first-order valence-electron chi connectivity index (χ1n) is 7.71. The van der Waals surface area contributed by atoms with E-state index >= 15 is 0 Å². The van der Waals surface area contributed by atoms with E-state index in [2.05, 4.69) is 26.9 Å². The molecule has 0 bridgehead atoms. The fourth-order valence-corrected chi connectivity index (χ4v) is 3.13. The van der Waals surface area contributed by atoms with Gasteiger partial charge in [-0.1, -0.05) is 0 Å². The second-order valence-corrected chi connectivity index (χ2v) is 5.49. The predicted octanol–water partition coefficient (Wildman–Crippen LogP) is 1.26. The molecule has 6 nitrogen and oxygen atoms in total. The maximum absolute atomic E-state index is 9.11. The number of aromatic nitrogens is 4. The summed E-state index contributed by atoms with van der Waals surface area (Å²) < 4.78 is 4.10. The number of aliphatic hydroxyl groups excluding tert-OH is 1. The van der Waals surface area contributed by atoms with E-state index in [0.717, 1.165) is 32.4 Å². The number of nitrogens with zero attached hydrogens (tertiary/aromatic N) is 4. The Kier molecular flexibility index (Phi) is 4.36. The van der Waals surface area contributed by atoms with Crippen molar-refractivity contribution >= 4 is 0 Å². The maximum atomic E-state index is 9.11. The zero-order valence-corrected chi connectivity index (χ0v) is 12.5. The molecule has 0 saturated carbocycles. The standard InChI is InChI=1S/C15H23N5O/c1-2-19-11-16-8-12(19)9-17-14-4-3-5-15-13(14)10-18-20(15)6-7-21/h8,10-11,14,17,21H,2-7,9H2,1H3. The smallest absolute Gasteiger partial charge is 0.0948 e. The lowest BCUT2D eigenvalue weighted by Gasteiger charge is -2.24. The Balaban J connectivity index is 1.71. The van der Waals surface area contributed by atoms with Crippen molar-refractivity contribution in [3.05, 3.63) is 35.7 Å². The summed E-state index contributed by atoms with van der Waals surface area (Å²) >= 11 is 0. The lowest BCUT2D eigenvalue weighted by molar-refractivity contribution is 0.266. The Labute approximate surface area is 124 Å². The molecule has 114 valence electrons. The molecule has 1 aliphatic carbocycles. The molecule has 2 aromatic rings. The molecule has 1 unspecified atom stereocenters. The Morgan fingerprint density at radius 2 is 2.33 bits per heavy atom. The lowest BCUT2D eigenvalue weighted by atomic mass is 9.93. The third-order valence-corrected chi connectivity index (χ3v) is 4.24. The van der Waals surface area contributed by atoms with E-state index in [1.807, 2.05) is 23.4 Å². The largest absolute Gasteiger partial charge is 0.394 e. The number of fused-ring (bicyclic) bond motifs is 1. The van der Waals surface area contributed by atoms with Gasteiger partial charge >= 0.3 is 0 Å². The van der Waals surface area contributed by atoms with Crippen LogP contribution in [-0.2, 0) is 26.1 Å². The van der Waals surface area contributed by atoms with Crippen molar-refractivity contribution < 1.29 is 5.11 Å². The van der Waals surface area contributed by atoms with Gasteiger partial charge in [-0.15, -0.1) is 0 Å². The summed E-state index contributed by atoms with van der Waals surface area (Å²) in [5, 5.41) is 17.2. The van der Waals surface area contributed by atoms with Gasteiger partial charge in [-0.05, 0) is 26.2 Å². The van der Waals surface area contributed by atoms with Gasteiger partial charge < -0.3 is 15.0 Å². The molecule has 0 radical (unpaired) electrons. The van der Waals surface area contributed by atoms with Crippen molar-refractivity contribution in [2.24, 2.45) is 0 Å². The van der Waals surface area contributed by atoms with Crippen molar-refractivity contribution in [2.75, 3.05) is 6.61 Å². The van der Waals surface area contributed by atoms with Gasteiger partial charge in [0.2, 0.25) is 0 Å². The highest BCUT2D eigenvalue weighted by Gasteiger charge is 2.23. The van der Waals surface area contributed by atoms with Gasteiger partial charge in [0, 0.05) is 36.6 Å². The molecule has 0 saturated heterocycles. The normalized spacial score (nSPS) is 17.9. The van der Waals surface area contributed by atoms with Gasteiger partial charge in [-0.2, -0.15) is 5.10 Å². The van der Waals surface area contributed by atoms with Gasteiger partial charge in [-0.25, -0.2) is 4.98 Å². The summed E-state index contributed by atoms with van der Waals surface area (Å²) in [6, 6.07) is 0.349. The van der Waals surface area contributed by atoms with Crippen LogP contribution in [0.5, 0.6) is 0 Å². The third-order valence-electron chi connectivity index (χ3n) is 4.24. The zero-order chi connectivity index (χ0) is 14.7. The topological polar surface area (TPSA) is 67.9 Å². The minimum Gasteiger partial charge on any atom is -0.394 e. The second kappa shape index (κ2) is 6.41. The highest BCUT2D eigenvalue weighted by atomic mass is 16.3. The highest BCUT2D eigenvalue weighted by Crippen LogP contribution is 2.29. The van der Waals surface area contributed by atoms with Crippen LogP contribution in [0.2, 0.25) is 0 Å². The number of aliphatic hydroxyl groups is 1. The summed E-state index contributed by atoms with van der Waals surface area (Å²) in [5.41, 5.74) is 3.78. The van der Waals surface area contributed by atoms with Crippen LogP contribution in [0.25, 0.3) is 0 Å². The maximum Gasteiger partial charge on any atom is 0.0948 e. The van der Waals surface area contributed by atoms with Crippen molar-refractivity contribution in [1.29, 1.82) is 0 Å². The quantitative estimate of drug-likeness (QED) is 0.840. The van der Waals surface area contributed by atoms with Crippen LogP contribution in [0.15, 0.2) is 18.7 Å². The number of hydrogen-bond donors (Lipinski definition) is 2. The van der Waals surface area contributed by atoms with E-state index in [-0.39, 0.29) is 6.61 Å². The van der Waals surface area contributed by atoms with Crippen LogP contribution in [-0.4, -0.2) is 31.0 Å². The van der Waals surface area contributed by atoms with Crippen molar-refractivity contribution in [3.8, 4) is 0 Å². The Morgan fingerprint density at radius 1 is 1.43 bits per heavy atom. The molecule has 2 aromatic heterocycles. The first-order chi connectivity index (χ1) is 10.3. The van der Waals surface area contributed by atoms with E-state index in [4.69, 9.17) is 5.11 Å². The minimum atomic E-state index is 0.141. The highest BCUT2D eigenvalue weighted by molar-refractivity contribution is 5.25. The fraction of sp³-hybridized carbons (Fsp3) is 0.600. The van der Waals surface area contributed by atoms with Crippen LogP contribution in [0, 0.1) is 0 Å². The summed E-state index contributed by atoms with van der Waals surface area (Å²) in [5.74, 6) is 0. The lowest BCUT2D eigenvalue weighted by Crippen LogP contribution is -2.26. The molecule has 0 amide bonds. The molecular formula is C15H23N5O. The van der Waals surface area contributed by atoms with Crippen LogP contribution < -0.4 is 5.32 Å². The van der Waals surface area contributed by atoms with Gasteiger partial charge in [0.25, 0.3) is 0 Å². The van der Waals surface area contributed by atoms with Gasteiger partial charge in [0.15, 0.2) is 0 Å². The molecule has 0 aromatic carbocycles. The molecule has 21 heavy (non-hydrogen) atoms. The SMILES string of the molecule is CCn1cncc1CNC1CCCc2c1cnn2CCO. The molecule has 1 atom stereocenters. The molecule has 6 heteroatoms. The third kappa shape index (κ3) is 2.87. The summed E-state index contributed by atoms with van der Waals surface area (Å²) in [6.07, 6.45) is 9.12. The van der Waals surface area contributed by atoms with E-state index in [1.165, 1.54) is 17.0 Å². The van der Waals surface area contributed by atoms with Gasteiger partial charge in [-0.3, -0.25) is 4.68 Å². The van der Waals surface area contributed by atoms with E-state index in [1.54, 1.807) is 0 Å². The average molecular weight is 289 g/mol. The Morgan fingerprint density at radius 3 is 3.14 bits per heavy atom. The molecule has 3 rings (SSSR count). The first-order valence-corrected chi connectivity index (χ1v) is 7.71. The molecule has 0 fully saturated rings. The average Bonchev–Trinajstić information content (AvgIpc) is 3.12. The Bertz CT molecular complexity index is 589. The number of imidazole rings is 1. The summed E-state index contributed by atoms with van der Waals surface area (Å²) in [6.45, 7) is 4.62. The monoisotopic (exact) mass is 289 g/mol. The summed E-state index contributed by atoms with van der Waals surface area (Å²) in [7, 11) is 0. The van der Waals surface area contributed by atoms with Crippen LogP contribution >= 0.6 is 0 Å². The first kappa shape index (κ1) is 14.3. The van der Waals surface area contributed by atoms with E-state index in [0.29, 0.717) is 12.6 Å². The van der Waals surface area contributed by atoms with Gasteiger partial charge in [0.1, 0.15) is 0 Å². The van der Waals surface area contributed by atoms with Crippen LogP contribution in [0.3, 0.4) is 0 Å². The van der Waals surface area contributed by atoms with Gasteiger partial charge in [0.05, 0.1) is 31.4 Å². The second-order valence-electron chi connectivity index (χ2n) is 5.49. The zero-order valence-electron chi connectivity index (χ0n) is 12.5. The number of rotatable bonds is 6. The molecule has 2 N–H and O–H groups in total. The number of aryl methyl sites for hydroxylation is 1. The van der Waals surface area contributed by atoms with Crippen LogP contribution in [0.4, 0.5) is 0 Å². The molecule has 2 heterocycles. The molecule has 0 spiro atoms. The van der Waals surface area contributed by atoms with E-state index in [9.17, 15) is 0 Å². The minimum absolute atomic E-state index is 0.141. The predicted molar refractivity (Wildman–Crippen MR) is 79.7 cm³/mol. The Hall–Kier alpha value is -1.66. The number of hydrogen-bond acceptors (Lipinski definition) is 4. The molecule has 0 aliphatic heterocycles. The fourth-order valence-electron chi connectivity index (χ4n) is 3.13. The molecular weight excluding hydrogens is 266 g/mol. The molecule has 1 aliphatic rings. The van der Waals surface area contributed by atoms with Crippen molar-refractivity contribution in [3.63, 3.8) is 0 Å². The number of nitrogens with one attached hydrogen (secondary N) is 1.